The summed E-state index contributed by atoms with van der Waals surface area (Å²) >= 11 is 0. The Morgan fingerprint density at radius 1 is 1.38 bits per heavy atom. The lowest BCUT2D eigenvalue weighted by atomic mass is 10.0. The number of hydrogen-bond acceptors (Lipinski definition) is 6. The highest BCUT2D eigenvalue weighted by Gasteiger charge is 2.32. The van der Waals surface area contributed by atoms with E-state index in [2.05, 4.69) is 16.9 Å². The van der Waals surface area contributed by atoms with Crippen LogP contribution in [0.3, 0.4) is 0 Å². The molecular weight excluding hydrogens is 408 g/mol. The van der Waals surface area contributed by atoms with Crippen LogP contribution in [0.5, 0.6) is 5.75 Å². The van der Waals surface area contributed by atoms with Crippen LogP contribution in [-0.4, -0.2) is 66.7 Å². The van der Waals surface area contributed by atoms with Crippen molar-refractivity contribution in [2.45, 2.75) is 51.6 Å². The van der Waals surface area contributed by atoms with Crippen LogP contribution in [0.4, 0.5) is 16.4 Å². The van der Waals surface area contributed by atoms with Gasteiger partial charge in [0.2, 0.25) is 0 Å². The predicted molar refractivity (Wildman–Crippen MR) is 123 cm³/mol. The number of rotatable bonds is 6. The first kappa shape index (κ1) is 22.4. The maximum absolute atomic E-state index is 12.3. The molecule has 9 heteroatoms. The molecule has 1 N–H and O–H groups in total. The molecule has 4 rings (SSSR count). The molecule has 1 saturated heterocycles. The lowest BCUT2D eigenvalue weighted by Crippen LogP contribution is -2.41. The summed E-state index contributed by atoms with van der Waals surface area (Å²) in [7, 11) is 5.35. The van der Waals surface area contributed by atoms with E-state index in [0.717, 1.165) is 73.8 Å². The minimum Gasteiger partial charge on any atom is -0.496 e. The molecule has 0 aliphatic carbocycles. The van der Waals surface area contributed by atoms with Crippen LogP contribution in [0, 0.1) is 0 Å². The van der Waals surface area contributed by atoms with Crippen LogP contribution in [0.2, 0.25) is 0 Å². The van der Waals surface area contributed by atoms with E-state index in [-0.39, 0.29) is 6.03 Å². The molecule has 4 heterocycles. The van der Waals surface area contributed by atoms with Gasteiger partial charge in [0.25, 0.3) is 0 Å². The monoisotopic (exact) mass is 442 g/mol. The lowest BCUT2D eigenvalue weighted by molar-refractivity contribution is 0.0651. The summed E-state index contributed by atoms with van der Waals surface area (Å²) in [5.74, 6) is 2.46. The largest absolute Gasteiger partial charge is 0.496 e. The molecule has 2 aliphatic rings. The van der Waals surface area contributed by atoms with Gasteiger partial charge in [0.1, 0.15) is 11.6 Å². The number of carbonyl (C=O) groups excluding carboxylic acids is 1. The minimum atomic E-state index is -0.0632. The number of pyridine rings is 1. The van der Waals surface area contributed by atoms with Crippen molar-refractivity contribution in [1.29, 1.82) is 0 Å². The van der Waals surface area contributed by atoms with Crippen molar-refractivity contribution in [3.05, 3.63) is 29.1 Å². The normalized spacial score (nSPS) is 16.6. The molecule has 2 aliphatic heterocycles. The molecule has 1 fully saturated rings. The highest BCUT2D eigenvalue weighted by molar-refractivity contribution is 5.75. The molecule has 0 unspecified atom stereocenters. The molecular formula is C23H34N6O3. The quantitative estimate of drug-likeness (QED) is 0.740. The van der Waals surface area contributed by atoms with Crippen LogP contribution >= 0.6 is 0 Å². The Hall–Kier alpha value is -2.81. The van der Waals surface area contributed by atoms with Crippen LogP contribution in [0.15, 0.2) is 12.3 Å². The van der Waals surface area contributed by atoms with Gasteiger partial charge in [-0.25, -0.2) is 9.78 Å². The molecule has 0 radical (unpaired) electrons. The van der Waals surface area contributed by atoms with Crippen LogP contribution < -0.4 is 15.0 Å². The number of ether oxygens (including phenoxy) is 2. The summed E-state index contributed by atoms with van der Waals surface area (Å²) in [6, 6.07) is 2.23. The number of aromatic nitrogens is 3. The zero-order valence-corrected chi connectivity index (χ0v) is 19.6. The summed E-state index contributed by atoms with van der Waals surface area (Å²) in [5.41, 5.74) is 3.41. The Labute approximate surface area is 189 Å². The van der Waals surface area contributed by atoms with Gasteiger partial charge in [-0.3, -0.25) is 4.68 Å². The molecule has 0 bridgehead atoms. The second-order valence-electron chi connectivity index (χ2n) is 8.43. The molecule has 0 atom stereocenters. The summed E-state index contributed by atoms with van der Waals surface area (Å²) in [6.45, 7) is 4.87. The standard InChI is InChI=1S/C23H34N6O3/c1-5-6-16-14-25-21(13-20(16)31-4)27(3)22-18-15-28(23(30)24-2)10-7-19(18)29(26-22)17-8-11-32-12-9-17/h13-14,17H,5-12,15H2,1-4H3,(H,24,30). The number of amides is 2. The Morgan fingerprint density at radius 2 is 2.16 bits per heavy atom. The first-order valence-electron chi connectivity index (χ1n) is 11.5. The topological polar surface area (TPSA) is 84.8 Å². The Bertz CT molecular complexity index is 953. The Kier molecular flexibility index (Phi) is 6.83. The number of hydrogen-bond donors (Lipinski definition) is 1. The maximum atomic E-state index is 12.3. The number of methoxy groups -OCH3 is 1. The van der Waals surface area contributed by atoms with E-state index in [1.54, 1.807) is 14.2 Å². The van der Waals surface area contributed by atoms with Gasteiger partial charge in [-0.05, 0) is 19.3 Å². The third kappa shape index (κ3) is 4.26. The number of aryl methyl sites for hydroxylation is 1. The lowest BCUT2D eigenvalue weighted by Gasteiger charge is -2.30. The molecule has 174 valence electrons. The number of urea groups is 1. The molecule has 0 aromatic carbocycles. The van der Waals surface area contributed by atoms with Gasteiger partial charge in [0.05, 0.1) is 19.7 Å². The van der Waals surface area contributed by atoms with Gasteiger partial charge in [-0.2, -0.15) is 5.10 Å². The highest BCUT2D eigenvalue weighted by Crippen LogP contribution is 2.36. The van der Waals surface area contributed by atoms with Crippen LogP contribution in [0.25, 0.3) is 0 Å². The van der Waals surface area contributed by atoms with Gasteiger partial charge in [0, 0.05) is 69.4 Å². The first-order chi connectivity index (χ1) is 15.6. The van der Waals surface area contributed by atoms with Gasteiger partial charge < -0.3 is 24.6 Å². The van der Waals surface area contributed by atoms with E-state index in [0.29, 0.717) is 19.1 Å². The smallest absolute Gasteiger partial charge is 0.317 e. The molecule has 9 nitrogen and oxygen atoms in total. The summed E-state index contributed by atoms with van der Waals surface area (Å²) < 4.78 is 13.4. The van der Waals surface area contributed by atoms with Crippen molar-refractivity contribution in [2.24, 2.45) is 0 Å². The average molecular weight is 443 g/mol. The first-order valence-corrected chi connectivity index (χ1v) is 11.5. The van der Waals surface area contributed by atoms with E-state index in [1.807, 2.05) is 29.1 Å². The number of anilines is 2. The van der Waals surface area contributed by atoms with Gasteiger partial charge in [-0.1, -0.05) is 13.3 Å². The second kappa shape index (κ2) is 9.77. The molecule has 0 spiro atoms. The number of fused-ring (bicyclic) bond motifs is 1. The fourth-order valence-electron chi connectivity index (χ4n) is 4.65. The van der Waals surface area contributed by atoms with E-state index >= 15 is 0 Å². The van der Waals surface area contributed by atoms with Crippen molar-refractivity contribution in [3.63, 3.8) is 0 Å². The third-order valence-electron chi connectivity index (χ3n) is 6.43. The zero-order chi connectivity index (χ0) is 22.7. The van der Waals surface area contributed by atoms with Crippen molar-refractivity contribution in [3.8, 4) is 5.75 Å². The molecule has 2 amide bonds. The minimum absolute atomic E-state index is 0.0632. The van der Waals surface area contributed by atoms with E-state index in [1.165, 1.54) is 5.69 Å². The molecule has 2 aromatic rings. The van der Waals surface area contributed by atoms with E-state index in [9.17, 15) is 4.79 Å². The zero-order valence-electron chi connectivity index (χ0n) is 19.6. The average Bonchev–Trinajstić information content (AvgIpc) is 3.23. The van der Waals surface area contributed by atoms with Gasteiger partial charge in [-0.15, -0.1) is 0 Å². The number of carbonyl (C=O) groups is 1. The maximum Gasteiger partial charge on any atom is 0.317 e. The molecule has 0 saturated carbocycles. The number of nitrogens with one attached hydrogen (secondary N) is 1. The summed E-state index contributed by atoms with van der Waals surface area (Å²) in [6.07, 6.45) is 6.54. The van der Waals surface area contributed by atoms with E-state index in [4.69, 9.17) is 19.6 Å². The van der Waals surface area contributed by atoms with Crippen molar-refractivity contribution in [1.82, 2.24) is 25.0 Å². The fourth-order valence-corrected chi connectivity index (χ4v) is 4.65. The summed E-state index contributed by atoms with van der Waals surface area (Å²) in [4.78, 5) is 20.9. The Balaban J connectivity index is 1.72. The summed E-state index contributed by atoms with van der Waals surface area (Å²) in [5, 5.41) is 7.82. The van der Waals surface area contributed by atoms with E-state index < -0.39 is 0 Å². The Morgan fingerprint density at radius 3 is 2.84 bits per heavy atom. The van der Waals surface area contributed by atoms with Crippen LogP contribution in [0.1, 0.15) is 49.0 Å². The van der Waals surface area contributed by atoms with Crippen molar-refractivity contribution in [2.75, 3.05) is 45.9 Å². The molecule has 32 heavy (non-hydrogen) atoms. The molecule has 2 aromatic heterocycles. The van der Waals surface area contributed by atoms with Crippen LogP contribution in [-0.2, 0) is 24.1 Å². The fraction of sp³-hybridized carbons (Fsp3) is 0.609. The number of nitrogens with zero attached hydrogens (tertiary/aromatic N) is 5. The van der Waals surface area contributed by atoms with Crippen molar-refractivity contribution >= 4 is 17.7 Å². The van der Waals surface area contributed by atoms with Crippen molar-refractivity contribution < 1.29 is 14.3 Å². The predicted octanol–water partition coefficient (Wildman–Crippen LogP) is 3.06. The second-order valence-corrected chi connectivity index (χ2v) is 8.43. The third-order valence-corrected chi connectivity index (χ3v) is 6.43. The van der Waals surface area contributed by atoms with Gasteiger partial charge >= 0.3 is 6.03 Å². The highest BCUT2D eigenvalue weighted by atomic mass is 16.5. The SMILES string of the molecule is CCCc1cnc(N(C)c2nn(C3CCOCC3)c3c2CN(C(=O)NC)CC3)cc1OC. The van der Waals surface area contributed by atoms with Gasteiger partial charge in [0.15, 0.2) is 5.82 Å².